The number of rotatable bonds is 15. The van der Waals surface area contributed by atoms with E-state index in [1.54, 1.807) is 0 Å². The van der Waals surface area contributed by atoms with E-state index >= 15 is 0 Å². The Balaban J connectivity index is 1.18. The highest BCUT2D eigenvalue weighted by molar-refractivity contribution is 7.99. The summed E-state index contributed by atoms with van der Waals surface area (Å²) >= 11 is 1.47. The molecule has 3 aliphatic carbocycles. The first-order valence-corrected chi connectivity index (χ1v) is 17.5. The predicted octanol–water partition coefficient (Wildman–Crippen LogP) is 10.2. The van der Waals surface area contributed by atoms with Crippen LogP contribution < -0.4 is 0 Å². The first kappa shape index (κ1) is 34.4. The van der Waals surface area contributed by atoms with E-state index in [4.69, 9.17) is 4.74 Å². The van der Waals surface area contributed by atoms with Crippen LogP contribution in [0.3, 0.4) is 0 Å². The lowest BCUT2D eigenvalue weighted by Gasteiger charge is -2.53. The van der Waals surface area contributed by atoms with Gasteiger partial charge in [-0.05, 0) is 110 Å². The number of hydrogen-bond acceptors (Lipinski definition) is 4. The highest BCUT2D eigenvalue weighted by Gasteiger charge is 2.58. The van der Waals surface area contributed by atoms with Crippen molar-refractivity contribution in [3.63, 3.8) is 0 Å². The lowest BCUT2D eigenvalue weighted by atomic mass is 9.52. The number of ether oxygens (including phenoxy) is 1. The number of hydrogen-bond donors (Lipinski definition) is 1. The van der Waals surface area contributed by atoms with Gasteiger partial charge in [0.05, 0.1) is 0 Å². The van der Waals surface area contributed by atoms with Crippen LogP contribution in [0.5, 0.6) is 5.75 Å². The van der Waals surface area contributed by atoms with E-state index in [1.165, 1.54) is 55.5 Å². The maximum Gasteiger partial charge on any atom is 0.453 e. The molecule has 0 spiro atoms. The van der Waals surface area contributed by atoms with Crippen LogP contribution in [0.4, 0.5) is 22.0 Å². The zero-order chi connectivity index (χ0) is 31.3. The second kappa shape index (κ2) is 14.7. The molecule has 2 saturated carbocycles. The SMILES string of the molecule is CC(=O)O[C@H]1CC[C@H]2C3[C@H](CCCCCCCCCSCCCC(F)(F)C(F)(F)F)Cc4cc(O)ccc4[C@H]3CC[C@]12C. The Labute approximate surface area is 258 Å². The smallest absolute Gasteiger partial charge is 0.453 e. The van der Waals surface area contributed by atoms with E-state index in [-0.39, 0.29) is 23.9 Å². The molecule has 43 heavy (non-hydrogen) atoms. The van der Waals surface area contributed by atoms with Crippen molar-refractivity contribution in [3.8, 4) is 5.75 Å². The fourth-order valence-corrected chi connectivity index (χ4v) is 9.50. The van der Waals surface area contributed by atoms with Gasteiger partial charge in [0, 0.05) is 18.8 Å². The topological polar surface area (TPSA) is 46.5 Å². The van der Waals surface area contributed by atoms with Gasteiger partial charge in [0.15, 0.2) is 0 Å². The molecule has 244 valence electrons. The lowest BCUT2D eigenvalue weighted by Crippen LogP contribution is -2.48. The normalized spacial score (nSPS) is 28.7. The largest absolute Gasteiger partial charge is 0.508 e. The van der Waals surface area contributed by atoms with Gasteiger partial charge >= 0.3 is 18.1 Å². The Bertz CT molecular complexity index is 1060. The molecule has 4 rings (SSSR count). The van der Waals surface area contributed by atoms with Crippen LogP contribution in [-0.2, 0) is 16.0 Å². The summed E-state index contributed by atoms with van der Waals surface area (Å²) in [6.45, 7) is 3.87. The van der Waals surface area contributed by atoms with E-state index in [9.17, 15) is 31.9 Å². The van der Waals surface area contributed by atoms with E-state index in [2.05, 4.69) is 13.0 Å². The number of phenols is 1. The van der Waals surface area contributed by atoms with Crippen LogP contribution in [-0.4, -0.2) is 40.8 Å². The second-order valence-corrected chi connectivity index (χ2v) is 14.8. The molecular formula is C34H49F5O3S. The summed E-state index contributed by atoms with van der Waals surface area (Å²) in [5.74, 6) is -1.09. The molecule has 0 amide bonds. The first-order chi connectivity index (χ1) is 20.3. The summed E-state index contributed by atoms with van der Waals surface area (Å²) in [4.78, 5) is 11.9. The minimum absolute atomic E-state index is 0.00958. The van der Waals surface area contributed by atoms with Crippen molar-refractivity contribution >= 4 is 17.7 Å². The quantitative estimate of drug-likeness (QED) is 0.119. The highest BCUT2D eigenvalue weighted by atomic mass is 32.2. The van der Waals surface area contributed by atoms with Crippen LogP contribution in [0.2, 0.25) is 0 Å². The van der Waals surface area contributed by atoms with Gasteiger partial charge in [0.1, 0.15) is 11.9 Å². The minimum Gasteiger partial charge on any atom is -0.508 e. The Hall–Kier alpha value is -1.51. The third-order valence-electron chi connectivity index (χ3n) is 10.7. The van der Waals surface area contributed by atoms with E-state index in [0.29, 0.717) is 35.2 Å². The van der Waals surface area contributed by atoms with Crippen LogP contribution in [0.25, 0.3) is 0 Å². The fraction of sp³-hybridized carbons (Fsp3) is 0.794. The van der Waals surface area contributed by atoms with Gasteiger partial charge in [-0.15, -0.1) is 0 Å². The minimum atomic E-state index is -5.45. The molecule has 1 N–H and O–H groups in total. The first-order valence-electron chi connectivity index (χ1n) is 16.3. The molecule has 0 aliphatic heterocycles. The van der Waals surface area contributed by atoms with Crippen LogP contribution in [0.15, 0.2) is 18.2 Å². The molecule has 0 bridgehead atoms. The van der Waals surface area contributed by atoms with Gasteiger partial charge in [-0.3, -0.25) is 4.79 Å². The number of halogens is 5. The molecule has 0 saturated heterocycles. The van der Waals surface area contributed by atoms with Crippen LogP contribution in [0, 0.1) is 23.2 Å². The Morgan fingerprint density at radius 1 is 0.977 bits per heavy atom. The highest BCUT2D eigenvalue weighted by Crippen LogP contribution is 2.63. The van der Waals surface area contributed by atoms with Gasteiger partial charge in [-0.25, -0.2) is 0 Å². The summed E-state index contributed by atoms with van der Waals surface area (Å²) in [6, 6.07) is 5.95. The van der Waals surface area contributed by atoms with E-state index in [0.717, 1.165) is 63.5 Å². The zero-order valence-electron chi connectivity index (χ0n) is 25.7. The van der Waals surface area contributed by atoms with E-state index in [1.807, 2.05) is 12.1 Å². The van der Waals surface area contributed by atoms with Crippen molar-refractivity contribution in [1.29, 1.82) is 0 Å². The molecule has 6 atom stereocenters. The van der Waals surface area contributed by atoms with Crippen LogP contribution in [0.1, 0.15) is 121 Å². The monoisotopic (exact) mass is 632 g/mol. The lowest BCUT2D eigenvalue weighted by molar-refractivity contribution is -0.284. The fourth-order valence-electron chi connectivity index (χ4n) is 8.54. The summed E-state index contributed by atoms with van der Waals surface area (Å²) < 4.78 is 68.4. The average Bonchev–Trinajstić information content (AvgIpc) is 3.25. The molecular weight excluding hydrogens is 583 g/mol. The van der Waals surface area contributed by atoms with Gasteiger partial charge in [0.25, 0.3) is 0 Å². The van der Waals surface area contributed by atoms with Crippen molar-refractivity contribution in [1.82, 2.24) is 0 Å². The number of phenolic OH excluding ortho intramolecular Hbond substituents is 1. The molecule has 0 radical (unpaired) electrons. The molecule has 2 fully saturated rings. The zero-order valence-corrected chi connectivity index (χ0v) is 26.5. The van der Waals surface area contributed by atoms with E-state index < -0.39 is 18.5 Å². The van der Waals surface area contributed by atoms with Crippen molar-refractivity contribution < 1.29 is 36.6 Å². The van der Waals surface area contributed by atoms with Gasteiger partial charge in [-0.1, -0.05) is 51.5 Å². The molecule has 3 aliphatic rings. The maximum atomic E-state index is 12.9. The number of unbranched alkanes of at least 4 members (excludes halogenated alkanes) is 6. The second-order valence-electron chi connectivity index (χ2n) is 13.5. The number of thioether (sulfide) groups is 1. The predicted molar refractivity (Wildman–Crippen MR) is 162 cm³/mol. The Morgan fingerprint density at radius 2 is 1.65 bits per heavy atom. The number of carbonyl (C=O) groups excluding carboxylic acids is 1. The number of benzene rings is 1. The molecule has 0 heterocycles. The third-order valence-corrected chi connectivity index (χ3v) is 11.8. The third kappa shape index (κ3) is 8.40. The van der Waals surface area contributed by atoms with Gasteiger partial charge < -0.3 is 9.84 Å². The van der Waals surface area contributed by atoms with Crippen LogP contribution >= 0.6 is 11.8 Å². The van der Waals surface area contributed by atoms with Crippen molar-refractivity contribution in [2.45, 2.75) is 134 Å². The van der Waals surface area contributed by atoms with Crippen molar-refractivity contribution in [3.05, 3.63) is 29.3 Å². The molecule has 3 nitrogen and oxygen atoms in total. The molecule has 1 aromatic rings. The summed E-state index contributed by atoms with van der Waals surface area (Å²) in [5, 5.41) is 10.2. The Kier molecular flexibility index (Phi) is 11.8. The number of aromatic hydroxyl groups is 1. The number of alkyl halides is 5. The molecule has 0 aromatic heterocycles. The standard InChI is InChI=1S/C34H49F5O3S/c1-23(40)42-30-15-14-29-31-24(21-25-22-26(41)12-13-27(25)28(31)16-18-32(29,30)2)11-8-6-4-3-5-7-9-19-43-20-10-17-33(35,36)34(37,38)39/h12-13,22,24,28-31,41H,3-11,14-21H2,1-2H3/t24-,28-,29+,30+,31?,32+/m1/s1. The average molecular weight is 633 g/mol. The van der Waals surface area contributed by atoms with Gasteiger partial charge in [0.2, 0.25) is 0 Å². The number of esters is 1. The van der Waals surface area contributed by atoms with Crippen molar-refractivity contribution in [2.24, 2.45) is 23.2 Å². The van der Waals surface area contributed by atoms with Gasteiger partial charge in [-0.2, -0.15) is 33.7 Å². The molecule has 9 heteroatoms. The number of carbonyl (C=O) groups is 1. The maximum absolute atomic E-state index is 12.9. The molecule has 1 unspecified atom stereocenters. The number of fused-ring (bicyclic) bond motifs is 5. The summed E-state index contributed by atoms with van der Waals surface area (Å²) in [7, 11) is 0. The Morgan fingerprint density at radius 3 is 2.35 bits per heavy atom. The molecule has 1 aromatic carbocycles. The summed E-state index contributed by atoms with van der Waals surface area (Å²) in [6.07, 6.45) is 7.53. The van der Waals surface area contributed by atoms with Crippen molar-refractivity contribution in [2.75, 3.05) is 11.5 Å². The summed E-state index contributed by atoms with van der Waals surface area (Å²) in [5.41, 5.74) is 2.75.